The number of carbonyl (C=O) groups is 1. The first-order valence-corrected chi connectivity index (χ1v) is 6.29. The van der Waals surface area contributed by atoms with E-state index in [4.69, 9.17) is 0 Å². The Kier molecular flexibility index (Phi) is 4.31. The van der Waals surface area contributed by atoms with Crippen molar-refractivity contribution in [3.8, 4) is 11.1 Å². The lowest BCUT2D eigenvalue weighted by molar-refractivity contribution is -0.117. The van der Waals surface area contributed by atoms with Crippen molar-refractivity contribution in [3.63, 3.8) is 0 Å². The van der Waals surface area contributed by atoms with Gasteiger partial charge in [-0.15, -0.1) is 0 Å². The van der Waals surface area contributed by atoms with Crippen molar-refractivity contribution in [2.45, 2.75) is 0 Å². The van der Waals surface area contributed by atoms with Crippen molar-refractivity contribution in [3.05, 3.63) is 54.6 Å². The van der Waals surface area contributed by atoms with Crippen molar-refractivity contribution in [2.24, 2.45) is 0 Å². The van der Waals surface area contributed by atoms with Crippen molar-refractivity contribution in [1.82, 2.24) is 5.32 Å². The Balaban J connectivity index is 2.17. The van der Waals surface area contributed by atoms with E-state index < -0.39 is 0 Å². The summed E-state index contributed by atoms with van der Waals surface area (Å²) in [5.41, 5.74) is 3.23. The molecule has 0 radical (unpaired) electrons. The third kappa shape index (κ3) is 3.20. The molecule has 0 heterocycles. The summed E-state index contributed by atoms with van der Waals surface area (Å²) in [6.07, 6.45) is 0. The number of hydrogen-bond donors (Lipinski definition) is 1. The smallest absolute Gasteiger partial charge is 0.240 e. The normalized spacial score (nSPS) is 10.2. The fourth-order valence-corrected chi connectivity index (χ4v) is 1.92. The zero-order chi connectivity index (χ0) is 13.7. The molecule has 0 aliphatic heterocycles. The summed E-state index contributed by atoms with van der Waals surface area (Å²) >= 11 is 0. The summed E-state index contributed by atoms with van der Waals surface area (Å²) in [6, 6.07) is 18.2. The quantitative estimate of drug-likeness (QED) is 0.909. The minimum Gasteiger partial charge on any atom is -0.314 e. The SMILES string of the molecule is CNCC(=O)N(C)c1ccc(-c2ccccc2)cc1. The molecule has 0 atom stereocenters. The minimum absolute atomic E-state index is 0.0509. The summed E-state index contributed by atoms with van der Waals surface area (Å²) in [7, 11) is 3.56. The van der Waals surface area contributed by atoms with E-state index >= 15 is 0 Å². The topological polar surface area (TPSA) is 32.3 Å². The molecule has 98 valence electrons. The zero-order valence-corrected chi connectivity index (χ0v) is 11.3. The Morgan fingerprint density at radius 3 is 2.16 bits per heavy atom. The van der Waals surface area contributed by atoms with Gasteiger partial charge in [-0.3, -0.25) is 4.79 Å². The monoisotopic (exact) mass is 254 g/mol. The third-order valence-electron chi connectivity index (χ3n) is 3.06. The lowest BCUT2D eigenvalue weighted by Gasteiger charge is -2.17. The summed E-state index contributed by atoms with van der Waals surface area (Å²) in [4.78, 5) is 13.4. The predicted molar refractivity (Wildman–Crippen MR) is 79.2 cm³/mol. The summed E-state index contributed by atoms with van der Waals surface area (Å²) < 4.78 is 0. The predicted octanol–water partition coefficient (Wildman–Crippen LogP) is 2.54. The van der Waals surface area contributed by atoms with E-state index in [0.29, 0.717) is 6.54 Å². The standard InChI is InChI=1S/C16H18N2O/c1-17-12-16(19)18(2)15-10-8-14(9-11-15)13-6-4-3-5-7-13/h3-11,17H,12H2,1-2H3. The molecular weight excluding hydrogens is 236 g/mol. The molecule has 0 aromatic heterocycles. The molecule has 0 aliphatic carbocycles. The number of benzene rings is 2. The van der Waals surface area contributed by atoms with Crippen LogP contribution in [0, 0.1) is 0 Å². The van der Waals surface area contributed by atoms with E-state index in [2.05, 4.69) is 17.4 Å². The largest absolute Gasteiger partial charge is 0.314 e. The van der Waals surface area contributed by atoms with Gasteiger partial charge in [0.15, 0.2) is 0 Å². The summed E-state index contributed by atoms with van der Waals surface area (Å²) in [5.74, 6) is 0.0509. The van der Waals surface area contributed by atoms with Gasteiger partial charge >= 0.3 is 0 Å². The highest BCUT2D eigenvalue weighted by molar-refractivity contribution is 5.94. The van der Waals surface area contributed by atoms with Gasteiger partial charge in [-0.2, -0.15) is 0 Å². The van der Waals surface area contributed by atoms with Crippen LogP contribution in [0.15, 0.2) is 54.6 Å². The molecule has 0 aliphatic rings. The Morgan fingerprint density at radius 1 is 1.00 bits per heavy atom. The fourth-order valence-electron chi connectivity index (χ4n) is 1.92. The minimum atomic E-state index is 0.0509. The molecule has 2 rings (SSSR count). The van der Waals surface area contributed by atoms with Crippen LogP contribution in [0.5, 0.6) is 0 Å². The molecular formula is C16H18N2O. The average Bonchev–Trinajstić information content (AvgIpc) is 2.48. The fraction of sp³-hybridized carbons (Fsp3) is 0.188. The second-order valence-electron chi connectivity index (χ2n) is 4.40. The van der Waals surface area contributed by atoms with Crippen LogP contribution >= 0.6 is 0 Å². The molecule has 2 aromatic rings. The molecule has 2 aromatic carbocycles. The zero-order valence-electron chi connectivity index (χ0n) is 11.3. The van der Waals surface area contributed by atoms with Gasteiger partial charge in [0.1, 0.15) is 0 Å². The van der Waals surface area contributed by atoms with E-state index in [-0.39, 0.29) is 5.91 Å². The number of nitrogens with zero attached hydrogens (tertiary/aromatic N) is 1. The molecule has 0 fully saturated rings. The maximum Gasteiger partial charge on any atom is 0.240 e. The second kappa shape index (κ2) is 6.16. The molecule has 19 heavy (non-hydrogen) atoms. The molecule has 3 heteroatoms. The number of rotatable bonds is 4. The first-order chi connectivity index (χ1) is 9.22. The molecule has 1 amide bonds. The van der Waals surface area contributed by atoms with Crippen molar-refractivity contribution in [2.75, 3.05) is 25.5 Å². The number of hydrogen-bond acceptors (Lipinski definition) is 2. The van der Waals surface area contributed by atoms with Gasteiger partial charge in [-0.05, 0) is 30.3 Å². The molecule has 3 nitrogen and oxygen atoms in total. The van der Waals surface area contributed by atoms with Gasteiger partial charge < -0.3 is 10.2 Å². The number of nitrogens with one attached hydrogen (secondary N) is 1. The number of likely N-dealkylation sites (N-methyl/N-ethyl adjacent to an activating group) is 2. The average molecular weight is 254 g/mol. The van der Waals surface area contributed by atoms with Crippen LogP contribution in [-0.2, 0) is 4.79 Å². The Bertz CT molecular complexity index is 534. The van der Waals surface area contributed by atoms with Crippen LogP contribution < -0.4 is 10.2 Å². The molecule has 0 saturated heterocycles. The molecule has 0 saturated carbocycles. The van der Waals surface area contributed by atoms with Gasteiger partial charge in [0, 0.05) is 12.7 Å². The molecule has 0 bridgehead atoms. The number of anilines is 1. The highest BCUT2D eigenvalue weighted by Crippen LogP contribution is 2.22. The van der Waals surface area contributed by atoms with Crippen molar-refractivity contribution >= 4 is 11.6 Å². The summed E-state index contributed by atoms with van der Waals surface area (Å²) in [6.45, 7) is 0.344. The first-order valence-electron chi connectivity index (χ1n) is 6.29. The first kappa shape index (κ1) is 13.3. The highest BCUT2D eigenvalue weighted by atomic mass is 16.2. The van der Waals surface area contributed by atoms with Crippen LogP contribution in [-0.4, -0.2) is 26.5 Å². The van der Waals surface area contributed by atoms with Gasteiger partial charge in [0.2, 0.25) is 5.91 Å². The van der Waals surface area contributed by atoms with Crippen molar-refractivity contribution < 1.29 is 4.79 Å². The van der Waals surface area contributed by atoms with Crippen LogP contribution in [0.25, 0.3) is 11.1 Å². The third-order valence-corrected chi connectivity index (χ3v) is 3.06. The summed E-state index contributed by atoms with van der Waals surface area (Å²) in [5, 5.41) is 2.86. The Morgan fingerprint density at radius 2 is 1.58 bits per heavy atom. The highest BCUT2D eigenvalue weighted by Gasteiger charge is 2.09. The van der Waals surface area contributed by atoms with Gasteiger partial charge in [0.25, 0.3) is 0 Å². The van der Waals surface area contributed by atoms with E-state index in [0.717, 1.165) is 11.3 Å². The van der Waals surface area contributed by atoms with Gasteiger partial charge in [-0.1, -0.05) is 42.5 Å². The maximum absolute atomic E-state index is 11.8. The van der Waals surface area contributed by atoms with E-state index in [9.17, 15) is 4.79 Å². The van der Waals surface area contributed by atoms with Crippen molar-refractivity contribution in [1.29, 1.82) is 0 Å². The van der Waals surface area contributed by atoms with E-state index in [1.165, 1.54) is 5.56 Å². The van der Waals surface area contributed by atoms with Gasteiger partial charge in [0.05, 0.1) is 6.54 Å². The molecule has 0 spiro atoms. The lowest BCUT2D eigenvalue weighted by atomic mass is 10.1. The molecule has 1 N–H and O–H groups in total. The van der Waals surface area contributed by atoms with Crippen LogP contribution in [0.2, 0.25) is 0 Å². The van der Waals surface area contributed by atoms with Crippen LogP contribution in [0.1, 0.15) is 0 Å². The molecule has 0 unspecified atom stereocenters. The number of amides is 1. The Hall–Kier alpha value is -2.13. The number of carbonyl (C=O) groups excluding carboxylic acids is 1. The van der Waals surface area contributed by atoms with Crippen LogP contribution in [0.3, 0.4) is 0 Å². The van der Waals surface area contributed by atoms with E-state index in [1.807, 2.05) is 42.5 Å². The lowest BCUT2D eigenvalue weighted by Crippen LogP contribution is -2.33. The van der Waals surface area contributed by atoms with Crippen LogP contribution in [0.4, 0.5) is 5.69 Å². The maximum atomic E-state index is 11.8. The second-order valence-corrected chi connectivity index (χ2v) is 4.40. The van der Waals surface area contributed by atoms with Gasteiger partial charge in [-0.25, -0.2) is 0 Å². The van der Waals surface area contributed by atoms with E-state index in [1.54, 1.807) is 19.0 Å². The Labute approximate surface area is 113 Å².